The Morgan fingerprint density at radius 1 is 1.00 bits per heavy atom. The molecule has 1 atom stereocenters. The molecule has 7 nitrogen and oxygen atoms in total. The van der Waals surface area contributed by atoms with Gasteiger partial charge >= 0.3 is 12.1 Å². The molecule has 0 radical (unpaired) electrons. The molecule has 0 aromatic heterocycles. The maximum absolute atomic E-state index is 14.5. The summed E-state index contributed by atoms with van der Waals surface area (Å²) >= 11 is 0. The van der Waals surface area contributed by atoms with E-state index in [2.05, 4.69) is 10.6 Å². The van der Waals surface area contributed by atoms with Crippen molar-refractivity contribution in [1.82, 2.24) is 5.32 Å². The molecule has 0 aliphatic heterocycles. The van der Waals surface area contributed by atoms with Crippen LogP contribution >= 0.6 is 0 Å². The van der Waals surface area contributed by atoms with Crippen LogP contribution in [0.5, 0.6) is 0 Å². The van der Waals surface area contributed by atoms with Gasteiger partial charge in [-0.15, -0.1) is 0 Å². The fraction of sp³-hybridized carbons (Fsp3) is 0.222. The number of carbonyl (C=O) groups excluding carboxylic acids is 2. The molecule has 0 saturated heterocycles. The summed E-state index contributed by atoms with van der Waals surface area (Å²) in [6.45, 7) is 1.75. The molecule has 180 valence electrons. The second-order valence-corrected chi connectivity index (χ2v) is 8.43. The van der Waals surface area contributed by atoms with E-state index < -0.39 is 29.7 Å². The van der Waals surface area contributed by atoms with Crippen LogP contribution in [-0.4, -0.2) is 36.2 Å². The Bertz CT molecular complexity index is 1230. The Balaban J connectivity index is 1.34. The summed E-state index contributed by atoms with van der Waals surface area (Å²) in [5, 5.41) is 13.9. The van der Waals surface area contributed by atoms with Crippen molar-refractivity contribution in [2.45, 2.75) is 19.3 Å². The van der Waals surface area contributed by atoms with Gasteiger partial charge in [0.25, 0.3) is 5.91 Å². The number of nitrogens with one attached hydrogen (secondary N) is 2. The number of halogens is 1. The number of hydrogen-bond acceptors (Lipinski definition) is 4. The molecular formula is C27H25FN2O5. The molecule has 8 heteroatoms. The number of ether oxygens (including phenoxy) is 1. The Kier molecular flexibility index (Phi) is 7.10. The zero-order valence-electron chi connectivity index (χ0n) is 19.1. The van der Waals surface area contributed by atoms with E-state index in [1.54, 1.807) is 0 Å². The van der Waals surface area contributed by atoms with Crippen molar-refractivity contribution in [3.8, 4) is 11.1 Å². The first-order valence-corrected chi connectivity index (χ1v) is 11.3. The van der Waals surface area contributed by atoms with Crippen LogP contribution < -0.4 is 10.6 Å². The average molecular weight is 477 g/mol. The summed E-state index contributed by atoms with van der Waals surface area (Å²) in [6, 6.07) is 19.7. The Labute approximate surface area is 201 Å². The van der Waals surface area contributed by atoms with Gasteiger partial charge < -0.3 is 15.2 Å². The number of benzene rings is 3. The van der Waals surface area contributed by atoms with Gasteiger partial charge in [-0.1, -0.05) is 55.5 Å². The van der Waals surface area contributed by atoms with Gasteiger partial charge in [0.2, 0.25) is 0 Å². The lowest BCUT2D eigenvalue weighted by Gasteiger charge is -2.15. The first-order chi connectivity index (χ1) is 16.8. The number of rotatable bonds is 8. The Morgan fingerprint density at radius 2 is 1.63 bits per heavy atom. The molecule has 2 amide bonds. The predicted molar refractivity (Wildman–Crippen MR) is 129 cm³/mol. The van der Waals surface area contributed by atoms with Gasteiger partial charge in [0.15, 0.2) is 0 Å². The summed E-state index contributed by atoms with van der Waals surface area (Å²) in [5.41, 5.74) is 4.35. The normalized spacial score (nSPS) is 12.9. The summed E-state index contributed by atoms with van der Waals surface area (Å²) in [6.07, 6.45) is -0.504. The molecule has 0 spiro atoms. The van der Waals surface area contributed by atoms with Crippen molar-refractivity contribution >= 4 is 23.7 Å². The molecule has 1 aliphatic rings. The van der Waals surface area contributed by atoms with E-state index >= 15 is 0 Å². The fourth-order valence-corrected chi connectivity index (χ4v) is 4.15. The number of carboxylic acid groups (broad SMARTS) is 1. The van der Waals surface area contributed by atoms with Gasteiger partial charge in [-0.25, -0.2) is 9.18 Å². The predicted octanol–water partition coefficient (Wildman–Crippen LogP) is 5.03. The summed E-state index contributed by atoms with van der Waals surface area (Å²) in [5.74, 6) is -3.16. The molecule has 4 rings (SSSR count). The summed E-state index contributed by atoms with van der Waals surface area (Å²) < 4.78 is 19.9. The second kappa shape index (κ2) is 10.4. The average Bonchev–Trinajstić information content (AvgIpc) is 3.16. The van der Waals surface area contributed by atoms with Crippen molar-refractivity contribution in [1.29, 1.82) is 0 Å². The Hall–Kier alpha value is -4.20. The topological polar surface area (TPSA) is 105 Å². The third kappa shape index (κ3) is 5.32. The van der Waals surface area contributed by atoms with Crippen LogP contribution in [0.4, 0.5) is 14.9 Å². The van der Waals surface area contributed by atoms with Crippen LogP contribution in [0.25, 0.3) is 11.1 Å². The lowest BCUT2D eigenvalue weighted by Crippen LogP contribution is -2.27. The lowest BCUT2D eigenvalue weighted by atomic mass is 9.98. The molecule has 0 bridgehead atoms. The molecule has 35 heavy (non-hydrogen) atoms. The van der Waals surface area contributed by atoms with Crippen LogP contribution in [0.3, 0.4) is 0 Å². The van der Waals surface area contributed by atoms with Crippen molar-refractivity contribution < 1.29 is 28.6 Å². The molecule has 0 saturated carbocycles. The minimum absolute atomic E-state index is 0.0974. The van der Waals surface area contributed by atoms with Crippen molar-refractivity contribution in [2.75, 3.05) is 18.5 Å². The van der Waals surface area contributed by atoms with E-state index in [0.29, 0.717) is 0 Å². The number of anilines is 1. The second-order valence-electron chi connectivity index (χ2n) is 8.43. The van der Waals surface area contributed by atoms with Gasteiger partial charge in [-0.2, -0.15) is 0 Å². The van der Waals surface area contributed by atoms with E-state index in [-0.39, 0.29) is 36.7 Å². The van der Waals surface area contributed by atoms with Crippen LogP contribution in [0.15, 0.2) is 66.7 Å². The monoisotopic (exact) mass is 476 g/mol. The highest BCUT2D eigenvalue weighted by Crippen LogP contribution is 2.44. The first kappa shape index (κ1) is 23.9. The lowest BCUT2D eigenvalue weighted by molar-refractivity contribution is -0.141. The minimum Gasteiger partial charge on any atom is -0.481 e. The molecule has 3 aromatic rings. The summed E-state index contributed by atoms with van der Waals surface area (Å²) in [4.78, 5) is 35.4. The van der Waals surface area contributed by atoms with Crippen molar-refractivity contribution in [2.24, 2.45) is 5.92 Å². The standard InChI is InChI=1S/C27H25FN2O5/c1-16(26(32)33)12-13-29-25(31)22-11-10-17(14-24(22)28)30-27(34)35-15-23-20-8-4-2-6-18(20)19-7-3-5-9-21(19)23/h2-11,14,16,23H,12-13,15H2,1H3,(H,29,31)(H,30,34)(H,32,33). The molecule has 3 aromatic carbocycles. The van der Waals surface area contributed by atoms with Gasteiger partial charge in [0, 0.05) is 18.2 Å². The SMILES string of the molecule is CC(CCNC(=O)c1ccc(NC(=O)OCC2c3ccccc3-c3ccccc32)cc1F)C(=O)O. The maximum atomic E-state index is 14.5. The minimum atomic E-state index is -0.964. The van der Waals surface area contributed by atoms with Crippen LogP contribution in [0.2, 0.25) is 0 Å². The number of carboxylic acids is 1. The quantitative estimate of drug-likeness (QED) is 0.423. The number of hydrogen-bond donors (Lipinski definition) is 3. The van der Waals surface area contributed by atoms with E-state index in [1.165, 1.54) is 19.1 Å². The molecule has 1 unspecified atom stereocenters. The van der Waals surface area contributed by atoms with Gasteiger partial charge in [-0.05, 0) is 46.9 Å². The largest absolute Gasteiger partial charge is 0.481 e. The molecule has 0 heterocycles. The van der Waals surface area contributed by atoms with Gasteiger partial charge in [0.05, 0.1) is 11.5 Å². The third-order valence-corrected chi connectivity index (χ3v) is 6.09. The molecule has 1 aliphatic carbocycles. The Morgan fingerprint density at radius 3 is 2.23 bits per heavy atom. The smallest absolute Gasteiger partial charge is 0.411 e. The highest BCUT2D eigenvalue weighted by atomic mass is 19.1. The van der Waals surface area contributed by atoms with E-state index in [4.69, 9.17) is 9.84 Å². The third-order valence-electron chi connectivity index (χ3n) is 6.09. The van der Waals surface area contributed by atoms with Gasteiger partial charge in [0.1, 0.15) is 12.4 Å². The van der Waals surface area contributed by atoms with E-state index in [0.717, 1.165) is 28.3 Å². The highest BCUT2D eigenvalue weighted by molar-refractivity contribution is 5.95. The van der Waals surface area contributed by atoms with Crippen LogP contribution in [0, 0.1) is 11.7 Å². The number of amides is 2. The van der Waals surface area contributed by atoms with Crippen molar-refractivity contribution in [3.63, 3.8) is 0 Å². The number of fused-ring (bicyclic) bond motifs is 3. The number of carbonyl (C=O) groups is 3. The molecule has 0 fully saturated rings. The molecular weight excluding hydrogens is 451 g/mol. The zero-order chi connectivity index (χ0) is 24.9. The van der Waals surface area contributed by atoms with E-state index in [9.17, 15) is 18.8 Å². The first-order valence-electron chi connectivity index (χ1n) is 11.3. The maximum Gasteiger partial charge on any atom is 0.411 e. The number of aliphatic carboxylic acids is 1. The van der Waals surface area contributed by atoms with Crippen molar-refractivity contribution in [3.05, 3.63) is 89.2 Å². The van der Waals surface area contributed by atoms with Crippen LogP contribution in [0.1, 0.15) is 40.7 Å². The van der Waals surface area contributed by atoms with Gasteiger partial charge in [-0.3, -0.25) is 14.9 Å². The van der Waals surface area contributed by atoms with Crippen LogP contribution in [-0.2, 0) is 9.53 Å². The highest BCUT2D eigenvalue weighted by Gasteiger charge is 2.29. The van der Waals surface area contributed by atoms with E-state index in [1.807, 2.05) is 48.5 Å². The fourth-order valence-electron chi connectivity index (χ4n) is 4.15. The molecule has 3 N–H and O–H groups in total. The summed E-state index contributed by atoms with van der Waals surface area (Å²) in [7, 11) is 0. The zero-order valence-corrected chi connectivity index (χ0v) is 19.1.